The van der Waals surface area contributed by atoms with Gasteiger partial charge in [-0.2, -0.15) is 0 Å². The van der Waals surface area contributed by atoms with Crippen molar-refractivity contribution in [2.75, 3.05) is 19.7 Å². The van der Waals surface area contributed by atoms with Gasteiger partial charge in [-0.1, -0.05) is 18.2 Å². The van der Waals surface area contributed by atoms with E-state index in [0.29, 0.717) is 18.2 Å². The number of para-hydroxylation sites is 2. The predicted molar refractivity (Wildman–Crippen MR) is 102 cm³/mol. The third-order valence-electron chi connectivity index (χ3n) is 5.02. The Balaban J connectivity index is 1.45. The van der Waals surface area contributed by atoms with Gasteiger partial charge in [0.25, 0.3) is 5.91 Å². The highest BCUT2D eigenvalue weighted by Crippen LogP contribution is 2.27. The molecule has 0 aliphatic carbocycles. The van der Waals surface area contributed by atoms with Gasteiger partial charge in [-0.15, -0.1) is 0 Å². The first-order chi connectivity index (χ1) is 12.8. The van der Waals surface area contributed by atoms with Crippen LogP contribution in [0, 0.1) is 0 Å². The van der Waals surface area contributed by atoms with Crippen LogP contribution in [-0.4, -0.2) is 40.1 Å². The number of likely N-dealkylation sites (tertiary alicyclic amines) is 1. The van der Waals surface area contributed by atoms with E-state index in [1.54, 1.807) is 0 Å². The second-order valence-corrected chi connectivity index (χ2v) is 6.62. The standard InChI is InChI=1S/C21H23N3O2/c1-2-26-18-7-5-6-16(14-18)21(25)23-12-10-17(11-13-23)24-15-22-19-8-3-4-9-20(19)24/h3-9,14-15,17H,2,10-13H2,1H3. The van der Waals surface area contributed by atoms with E-state index in [-0.39, 0.29) is 5.91 Å². The zero-order valence-corrected chi connectivity index (χ0v) is 15.0. The number of amides is 1. The smallest absolute Gasteiger partial charge is 0.253 e. The van der Waals surface area contributed by atoms with Crippen LogP contribution in [0.1, 0.15) is 36.2 Å². The molecule has 1 aliphatic heterocycles. The van der Waals surface area contributed by atoms with Crippen LogP contribution in [0.5, 0.6) is 5.75 Å². The maximum Gasteiger partial charge on any atom is 0.253 e. The van der Waals surface area contributed by atoms with E-state index in [1.807, 2.05) is 60.6 Å². The number of fused-ring (bicyclic) bond motifs is 1. The molecule has 0 bridgehead atoms. The number of hydrogen-bond acceptors (Lipinski definition) is 3. The summed E-state index contributed by atoms with van der Waals surface area (Å²) in [6.07, 6.45) is 3.81. The first-order valence-corrected chi connectivity index (χ1v) is 9.20. The molecule has 0 N–H and O–H groups in total. The molecule has 2 aromatic carbocycles. The van der Waals surface area contributed by atoms with Crippen molar-refractivity contribution in [1.82, 2.24) is 14.5 Å². The van der Waals surface area contributed by atoms with Gasteiger partial charge in [0, 0.05) is 24.7 Å². The van der Waals surface area contributed by atoms with Crippen molar-refractivity contribution < 1.29 is 9.53 Å². The summed E-state index contributed by atoms with van der Waals surface area (Å²) in [6, 6.07) is 16.1. The number of nitrogens with zero attached hydrogens (tertiary/aromatic N) is 3. The lowest BCUT2D eigenvalue weighted by molar-refractivity contribution is 0.0695. The van der Waals surface area contributed by atoms with Gasteiger partial charge in [-0.3, -0.25) is 4.79 Å². The van der Waals surface area contributed by atoms with E-state index < -0.39 is 0 Å². The largest absolute Gasteiger partial charge is 0.494 e. The molecule has 1 amide bonds. The fourth-order valence-electron chi connectivity index (χ4n) is 3.68. The lowest BCUT2D eigenvalue weighted by Crippen LogP contribution is -2.39. The predicted octanol–water partition coefficient (Wildman–Crippen LogP) is 3.91. The summed E-state index contributed by atoms with van der Waals surface area (Å²) in [5.74, 6) is 0.832. The molecule has 1 aromatic heterocycles. The lowest BCUT2D eigenvalue weighted by Gasteiger charge is -2.33. The first-order valence-electron chi connectivity index (χ1n) is 9.20. The number of piperidine rings is 1. The van der Waals surface area contributed by atoms with Gasteiger partial charge in [0.2, 0.25) is 0 Å². The number of benzene rings is 2. The Hall–Kier alpha value is -2.82. The Morgan fingerprint density at radius 2 is 1.96 bits per heavy atom. The fraction of sp³-hybridized carbons (Fsp3) is 0.333. The van der Waals surface area contributed by atoms with E-state index in [1.165, 1.54) is 5.52 Å². The molecule has 0 spiro atoms. The fourth-order valence-corrected chi connectivity index (χ4v) is 3.68. The van der Waals surface area contributed by atoms with Crippen molar-refractivity contribution in [1.29, 1.82) is 0 Å². The minimum Gasteiger partial charge on any atom is -0.494 e. The Bertz CT molecular complexity index is 910. The van der Waals surface area contributed by atoms with Crippen molar-refractivity contribution in [2.24, 2.45) is 0 Å². The summed E-state index contributed by atoms with van der Waals surface area (Å²) in [4.78, 5) is 19.2. The van der Waals surface area contributed by atoms with Gasteiger partial charge in [0.15, 0.2) is 0 Å². The molecule has 5 nitrogen and oxygen atoms in total. The van der Waals surface area contributed by atoms with Crippen molar-refractivity contribution in [3.8, 4) is 5.75 Å². The second-order valence-electron chi connectivity index (χ2n) is 6.62. The van der Waals surface area contributed by atoms with Crippen LogP contribution in [0.4, 0.5) is 0 Å². The number of aromatic nitrogens is 2. The molecule has 1 aliphatic rings. The summed E-state index contributed by atoms with van der Waals surface area (Å²) < 4.78 is 7.77. The molecule has 5 heteroatoms. The van der Waals surface area contributed by atoms with Crippen LogP contribution in [0.2, 0.25) is 0 Å². The highest BCUT2D eigenvalue weighted by molar-refractivity contribution is 5.94. The van der Waals surface area contributed by atoms with Crippen LogP contribution in [0.15, 0.2) is 54.9 Å². The maximum atomic E-state index is 12.8. The van der Waals surface area contributed by atoms with Gasteiger partial charge in [-0.05, 0) is 50.1 Å². The van der Waals surface area contributed by atoms with Crippen LogP contribution in [-0.2, 0) is 0 Å². The maximum absolute atomic E-state index is 12.8. The number of hydrogen-bond donors (Lipinski definition) is 0. The SMILES string of the molecule is CCOc1cccc(C(=O)N2CCC(n3cnc4ccccc43)CC2)c1. The molecule has 0 atom stereocenters. The molecule has 0 saturated carbocycles. The minimum absolute atomic E-state index is 0.0838. The Morgan fingerprint density at radius 1 is 1.15 bits per heavy atom. The summed E-state index contributed by atoms with van der Waals surface area (Å²) in [6.45, 7) is 4.06. The van der Waals surface area contributed by atoms with E-state index in [2.05, 4.69) is 15.6 Å². The summed E-state index contributed by atoms with van der Waals surface area (Å²) in [5.41, 5.74) is 2.89. The summed E-state index contributed by atoms with van der Waals surface area (Å²) >= 11 is 0. The molecule has 26 heavy (non-hydrogen) atoms. The number of rotatable bonds is 4. The number of carbonyl (C=O) groups is 1. The Morgan fingerprint density at radius 3 is 2.77 bits per heavy atom. The molecule has 1 saturated heterocycles. The van der Waals surface area contributed by atoms with E-state index in [9.17, 15) is 4.79 Å². The molecular weight excluding hydrogens is 326 g/mol. The van der Waals surface area contributed by atoms with Crippen LogP contribution in [0.25, 0.3) is 11.0 Å². The molecule has 4 rings (SSSR count). The zero-order valence-electron chi connectivity index (χ0n) is 15.0. The molecule has 0 radical (unpaired) electrons. The number of ether oxygens (including phenoxy) is 1. The average molecular weight is 349 g/mol. The first kappa shape index (κ1) is 16.6. The van der Waals surface area contributed by atoms with Crippen molar-refractivity contribution in [3.63, 3.8) is 0 Å². The van der Waals surface area contributed by atoms with E-state index in [4.69, 9.17) is 4.74 Å². The summed E-state index contributed by atoms with van der Waals surface area (Å²) in [5, 5.41) is 0. The topological polar surface area (TPSA) is 47.4 Å². The normalized spacial score (nSPS) is 15.3. The van der Waals surface area contributed by atoms with Gasteiger partial charge in [-0.25, -0.2) is 4.98 Å². The van der Waals surface area contributed by atoms with Crippen molar-refractivity contribution in [3.05, 3.63) is 60.4 Å². The Labute approximate surface area is 153 Å². The van der Waals surface area contributed by atoms with Crippen molar-refractivity contribution in [2.45, 2.75) is 25.8 Å². The molecule has 0 unspecified atom stereocenters. The van der Waals surface area contributed by atoms with E-state index in [0.717, 1.165) is 37.2 Å². The zero-order chi connectivity index (χ0) is 17.9. The van der Waals surface area contributed by atoms with Crippen LogP contribution < -0.4 is 4.74 Å². The average Bonchev–Trinajstić information content (AvgIpc) is 3.12. The van der Waals surface area contributed by atoms with Crippen molar-refractivity contribution >= 4 is 16.9 Å². The third kappa shape index (κ3) is 3.17. The molecule has 2 heterocycles. The van der Waals surface area contributed by atoms with Gasteiger partial charge >= 0.3 is 0 Å². The van der Waals surface area contributed by atoms with Crippen LogP contribution in [0.3, 0.4) is 0 Å². The third-order valence-corrected chi connectivity index (χ3v) is 5.02. The number of imidazole rings is 1. The minimum atomic E-state index is 0.0838. The molecule has 1 fully saturated rings. The van der Waals surface area contributed by atoms with E-state index >= 15 is 0 Å². The van der Waals surface area contributed by atoms with Gasteiger partial charge < -0.3 is 14.2 Å². The van der Waals surface area contributed by atoms with Gasteiger partial charge in [0.05, 0.1) is 24.0 Å². The molecule has 3 aromatic rings. The highest BCUT2D eigenvalue weighted by atomic mass is 16.5. The summed E-state index contributed by atoms with van der Waals surface area (Å²) in [7, 11) is 0. The Kier molecular flexibility index (Phi) is 4.61. The highest BCUT2D eigenvalue weighted by Gasteiger charge is 2.25. The molecule has 134 valence electrons. The number of carbonyl (C=O) groups excluding carboxylic acids is 1. The monoisotopic (exact) mass is 349 g/mol. The quantitative estimate of drug-likeness (QED) is 0.717. The second kappa shape index (κ2) is 7.20. The molecular formula is C21H23N3O2. The lowest BCUT2D eigenvalue weighted by atomic mass is 10.0. The van der Waals surface area contributed by atoms with Gasteiger partial charge in [0.1, 0.15) is 5.75 Å². The van der Waals surface area contributed by atoms with Crippen LogP contribution >= 0.6 is 0 Å².